The molecule has 0 unspecified atom stereocenters. The van der Waals surface area contributed by atoms with E-state index in [9.17, 15) is 53.4 Å². The molecule has 0 aliphatic carbocycles. The van der Waals surface area contributed by atoms with Crippen molar-refractivity contribution < 1.29 is 58.5 Å². The number of carboxylic acids is 3. The topological polar surface area (TPSA) is 313 Å². The van der Waals surface area contributed by atoms with Gasteiger partial charge in [0.05, 0.1) is 12.5 Å². The standard InChI is InChI=1S/C38H67N7O12/c1-18(2)13-24(40-32(50)23(39)11-12-29(46)47)33(51)41-26(15-20(5)6)36(54)45-31(22(9)10)37(55)43-25(14-19(3)4)34(52)42-27(17-30(48)49)35(53)44-28(38(56)57)16-21(7)8/h18-28,31H,11-17,39H2,1-10H3,(H,40,50)(H,41,51)(H,42,52)(H,43,55)(H,44,53)(H,45,54)(H,46,47)(H,48,49)(H,56,57)/t23-,24-,25-,26-,27-,28-,31-/m0/s1. The van der Waals surface area contributed by atoms with Crippen LogP contribution in [0.1, 0.15) is 114 Å². The number of rotatable bonds is 27. The Morgan fingerprint density at radius 1 is 0.439 bits per heavy atom. The van der Waals surface area contributed by atoms with E-state index in [1.54, 1.807) is 41.5 Å². The Hall–Kier alpha value is -4.81. The van der Waals surface area contributed by atoms with Gasteiger partial charge in [-0.05, 0) is 61.7 Å². The summed E-state index contributed by atoms with van der Waals surface area (Å²) in [5, 5.41) is 43.1. The Morgan fingerprint density at radius 2 is 0.772 bits per heavy atom. The van der Waals surface area contributed by atoms with Crippen molar-refractivity contribution in [2.75, 3.05) is 0 Å². The highest BCUT2D eigenvalue weighted by molar-refractivity contribution is 5.97. The molecule has 326 valence electrons. The van der Waals surface area contributed by atoms with E-state index in [4.69, 9.17) is 10.8 Å². The molecule has 6 amide bonds. The van der Waals surface area contributed by atoms with E-state index in [1.165, 1.54) is 0 Å². The molecule has 57 heavy (non-hydrogen) atoms. The Morgan fingerprint density at radius 3 is 1.14 bits per heavy atom. The van der Waals surface area contributed by atoms with Crippen LogP contribution in [0.2, 0.25) is 0 Å². The number of amides is 6. The molecular formula is C38H67N7O12. The molecule has 0 radical (unpaired) electrons. The van der Waals surface area contributed by atoms with Crippen LogP contribution in [0.5, 0.6) is 0 Å². The summed E-state index contributed by atoms with van der Waals surface area (Å²) < 4.78 is 0. The minimum atomic E-state index is -1.68. The van der Waals surface area contributed by atoms with Gasteiger partial charge < -0.3 is 53.0 Å². The number of carboxylic acid groups (broad SMARTS) is 3. The second kappa shape index (κ2) is 25.4. The zero-order valence-electron chi connectivity index (χ0n) is 35.0. The molecule has 0 aromatic rings. The van der Waals surface area contributed by atoms with Gasteiger partial charge in [-0.3, -0.25) is 38.4 Å². The highest BCUT2D eigenvalue weighted by atomic mass is 16.4. The zero-order valence-corrected chi connectivity index (χ0v) is 35.0. The van der Waals surface area contributed by atoms with Crippen molar-refractivity contribution in [2.45, 2.75) is 156 Å². The average molecular weight is 814 g/mol. The van der Waals surface area contributed by atoms with Crippen molar-refractivity contribution in [3.8, 4) is 0 Å². The summed E-state index contributed by atoms with van der Waals surface area (Å²) in [6.07, 6.45) is -0.991. The van der Waals surface area contributed by atoms with Crippen molar-refractivity contribution in [3.05, 3.63) is 0 Å². The third-order valence-corrected chi connectivity index (χ3v) is 8.61. The minimum absolute atomic E-state index is 0.0395. The number of aliphatic carboxylic acids is 3. The van der Waals surface area contributed by atoms with Crippen molar-refractivity contribution in [2.24, 2.45) is 35.3 Å². The van der Waals surface area contributed by atoms with Crippen LogP contribution in [0.25, 0.3) is 0 Å². The van der Waals surface area contributed by atoms with Crippen LogP contribution in [0.15, 0.2) is 0 Å². The van der Waals surface area contributed by atoms with Gasteiger partial charge in [-0.2, -0.15) is 0 Å². The van der Waals surface area contributed by atoms with E-state index in [-0.39, 0.29) is 62.2 Å². The smallest absolute Gasteiger partial charge is 0.326 e. The number of carbonyl (C=O) groups excluding carboxylic acids is 6. The molecule has 0 heterocycles. The Balaban J connectivity index is 6.26. The van der Waals surface area contributed by atoms with E-state index in [1.807, 2.05) is 27.7 Å². The average Bonchev–Trinajstić information content (AvgIpc) is 3.06. The van der Waals surface area contributed by atoms with Gasteiger partial charge in [0, 0.05) is 6.42 Å². The van der Waals surface area contributed by atoms with Crippen LogP contribution < -0.4 is 37.6 Å². The first-order chi connectivity index (χ1) is 26.2. The maximum absolute atomic E-state index is 13.8. The lowest BCUT2D eigenvalue weighted by atomic mass is 9.97. The zero-order chi connectivity index (χ0) is 44.3. The number of hydrogen-bond acceptors (Lipinski definition) is 10. The van der Waals surface area contributed by atoms with Gasteiger partial charge in [0.1, 0.15) is 36.3 Å². The lowest BCUT2D eigenvalue weighted by molar-refractivity contribution is -0.144. The third kappa shape index (κ3) is 21.3. The lowest BCUT2D eigenvalue weighted by Gasteiger charge is -2.30. The van der Waals surface area contributed by atoms with Gasteiger partial charge >= 0.3 is 17.9 Å². The van der Waals surface area contributed by atoms with Crippen LogP contribution in [-0.4, -0.2) is 111 Å². The first kappa shape index (κ1) is 52.2. The molecule has 0 rings (SSSR count). The normalized spacial score (nSPS) is 15.2. The molecule has 11 N–H and O–H groups in total. The highest BCUT2D eigenvalue weighted by Crippen LogP contribution is 2.13. The summed E-state index contributed by atoms with van der Waals surface area (Å²) in [6.45, 7) is 17.5. The highest BCUT2D eigenvalue weighted by Gasteiger charge is 2.35. The van der Waals surface area contributed by atoms with E-state index in [0.29, 0.717) is 0 Å². The Labute approximate surface area is 335 Å². The van der Waals surface area contributed by atoms with Crippen molar-refractivity contribution in [3.63, 3.8) is 0 Å². The summed E-state index contributed by atoms with van der Waals surface area (Å²) in [5.74, 6) is -9.88. The van der Waals surface area contributed by atoms with E-state index in [0.717, 1.165) is 0 Å². The van der Waals surface area contributed by atoms with E-state index < -0.39 is 108 Å². The lowest BCUT2D eigenvalue weighted by Crippen LogP contribution is -2.61. The van der Waals surface area contributed by atoms with Gasteiger partial charge in [0.2, 0.25) is 35.4 Å². The maximum atomic E-state index is 13.8. The Bertz CT molecular complexity index is 1400. The van der Waals surface area contributed by atoms with Crippen LogP contribution in [-0.2, 0) is 43.2 Å². The molecular weight excluding hydrogens is 746 g/mol. The second-order valence-electron chi connectivity index (χ2n) is 16.5. The molecule has 0 aliphatic heterocycles. The molecule has 0 bridgehead atoms. The largest absolute Gasteiger partial charge is 0.481 e. The van der Waals surface area contributed by atoms with Gasteiger partial charge in [-0.1, -0.05) is 69.2 Å². The molecule has 0 saturated heterocycles. The fourth-order valence-corrected chi connectivity index (χ4v) is 5.74. The van der Waals surface area contributed by atoms with Crippen molar-refractivity contribution >= 4 is 53.4 Å². The van der Waals surface area contributed by atoms with Gasteiger partial charge in [0.25, 0.3) is 0 Å². The van der Waals surface area contributed by atoms with Gasteiger partial charge in [-0.15, -0.1) is 0 Å². The molecule has 0 aromatic carbocycles. The summed E-state index contributed by atoms with van der Waals surface area (Å²) in [6, 6.07) is -9.05. The van der Waals surface area contributed by atoms with Crippen LogP contribution in [0.4, 0.5) is 0 Å². The second-order valence-corrected chi connectivity index (χ2v) is 16.5. The number of carbonyl (C=O) groups is 9. The SMILES string of the molecule is CC(C)C[C@H](NC(=O)[C@H](CC(=O)O)NC(=O)[C@H](CC(C)C)NC(=O)[C@@H](NC(=O)[C@H](CC(C)C)NC(=O)[C@H](CC(C)C)NC(=O)[C@@H](N)CCC(=O)O)C(C)C)C(=O)O. The summed E-state index contributed by atoms with van der Waals surface area (Å²) in [7, 11) is 0. The molecule has 0 aliphatic rings. The first-order valence-electron chi connectivity index (χ1n) is 19.5. The van der Waals surface area contributed by atoms with Gasteiger partial charge in [-0.25, -0.2) is 4.79 Å². The summed E-state index contributed by atoms with van der Waals surface area (Å²) in [4.78, 5) is 115. The fraction of sp³-hybridized carbons (Fsp3) is 0.763. The molecule has 19 nitrogen and oxygen atoms in total. The van der Waals surface area contributed by atoms with Crippen molar-refractivity contribution in [1.29, 1.82) is 0 Å². The molecule has 0 aromatic heterocycles. The first-order valence-corrected chi connectivity index (χ1v) is 19.5. The van der Waals surface area contributed by atoms with Crippen molar-refractivity contribution in [1.82, 2.24) is 31.9 Å². The molecule has 0 saturated carbocycles. The van der Waals surface area contributed by atoms with Crippen LogP contribution in [0, 0.1) is 29.6 Å². The predicted octanol–water partition coefficient (Wildman–Crippen LogP) is 0.487. The fourth-order valence-electron chi connectivity index (χ4n) is 5.74. The summed E-state index contributed by atoms with van der Waals surface area (Å²) >= 11 is 0. The van der Waals surface area contributed by atoms with E-state index >= 15 is 0 Å². The van der Waals surface area contributed by atoms with Crippen LogP contribution in [0.3, 0.4) is 0 Å². The number of hydrogen-bond donors (Lipinski definition) is 10. The monoisotopic (exact) mass is 813 g/mol. The molecule has 7 atom stereocenters. The Kier molecular flexibility index (Phi) is 23.3. The number of nitrogens with one attached hydrogen (secondary N) is 6. The maximum Gasteiger partial charge on any atom is 0.326 e. The van der Waals surface area contributed by atoms with Crippen LogP contribution >= 0.6 is 0 Å². The van der Waals surface area contributed by atoms with Gasteiger partial charge in [0.15, 0.2) is 0 Å². The summed E-state index contributed by atoms with van der Waals surface area (Å²) in [5.41, 5.74) is 5.85. The number of nitrogens with two attached hydrogens (primary N) is 1. The molecule has 0 fully saturated rings. The molecule has 0 spiro atoms. The van der Waals surface area contributed by atoms with E-state index in [2.05, 4.69) is 31.9 Å². The third-order valence-electron chi connectivity index (χ3n) is 8.61. The predicted molar refractivity (Wildman–Crippen MR) is 209 cm³/mol. The molecule has 19 heteroatoms. The minimum Gasteiger partial charge on any atom is -0.481 e. The quantitative estimate of drug-likeness (QED) is 0.0541.